The van der Waals surface area contributed by atoms with E-state index in [4.69, 9.17) is 9.97 Å². The fourth-order valence-electron chi connectivity index (χ4n) is 7.64. The second-order valence-corrected chi connectivity index (χ2v) is 13.7. The molecule has 8 aromatic carbocycles. The minimum Gasteiger partial charge on any atom is -0.265 e. The molecule has 0 saturated carbocycles. The summed E-state index contributed by atoms with van der Waals surface area (Å²) >= 11 is 0. The summed E-state index contributed by atoms with van der Waals surface area (Å²) < 4.78 is 0. The predicted octanol–water partition coefficient (Wildman–Crippen LogP) is 13.3. The minimum absolute atomic E-state index is 0.701. The van der Waals surface area contributed by atoms with E-state index in [1.807, 2.05) is 42.7 Å². The highest BCUT2D eigenvalue weighted by molar-refractivity contribution is 6.25. The molecule has 10 aromatic rings. The van der Waals surface area contributed by atoms with Crippen molar-refractivity contribution >= 4 is 32.3 Å². The van der Waals surface area contributed by atoms with Crippen molar-refractivity contribution in [2.45, 2.75) is 0 Å². The number of hydrogen-bond donors (Lipinski definition) is 0. The summed E-state index contributed by atoms with van der Waals surface area (Å²) in [6.45, 7) is 0. The van der Waals surface area contributed by atoms with Gasteiger partial charge in [0.2, 0.25) is 0 Å². The summed E-state index contributed by atoms with van der Waals surface area (Å²) in [7, 11) is 0. The third-order valence-corrected chi connectivity index (χ3v) is 10.4. The normalized spacial score (nSPS) is 11.3. The number of benzene rings is 8. The number of aromatic nitrogens is 3. The third kappa shape index (κ3) is 5.78. The number of rotatable bonds is 6. The standard InChI is InChI=1S/C51H33N3/c1-2-9-39(10-3-1)51-53-49(33-50(54-51)42-12-8-11-40(31-42)37-27-29-52-30-28-37)38-23-21-35(22-24-38)34-17-19-36(20-18-34)41-25-26-47-45-15-5-4-13-43(45)44-14-6-7-16-46(44)48(47)32-41/h1-33H. The first-order valence-corrected chi connectivity index (χ1v) is 18.2. The van der Waals surface area contributed by atoms with Gasteiger partial charge in [-0.2, -0.15) is 0 Å². The monoisotopic (exact) mass is 687 g/mol. The van der Waals surface area contributed by atoms with Crippen molar-refractivity contribution in [3.8, 4) is 67.3 Å². The van der Waals surface area contributed by atoms with E-state index in [1.165, 1.54) is 49.0 Å². The lowest BCUT2D eigenvalue weighted by atomic mass is 9.92. The van der Waals surface area contributed by atoms with E-state index in [0.29, 0.717) is 5.82 Å². The third-order valence-electron chi connectivity index (χ3n) is 10.4. The van der Waals surface area contributed by atoms with E-state index >= 15 is 0 Å². The van der Waals surface area contributed by atoms with Crippen molar-refractivity contribution in [2.75, 3.05) is 0 Å². The summed E-state index contributed by atoms with van der Waals surface area (Å²) in [4.78, 5) is 14.3. The highest BCUT2D eigenvalue weighted by Crippen LogP contribution is 2.38. The van der Waals surface area contributed by atoms with E-state index < -0.39 is 0 Å². The topological polar surface area (TPSA) is 38.7 Å². The van der Waals surface area contributed by atoms with E-state index in [9.17, 15) is 0 Å². The van der Waals surface area contributed by atoms with Gasteiger partial charge < -0.3 is 0 Å². The molecule has 10 rings (SSSR count). The van der Waals surface area contributed by atoms with Gasteiger partial charge in [-0.05, 0) is 96.0 Å². The summed E-state index contributed by atoms with van der Waals surface area (Å²) in [5, 5.41) is 7.74. The van der Waals surface area contributed by atoms with Crippen molar-refractivity contribution in [2.24, 2.45) is 0 Å². The molecule has 0 aliphatic heterocycles. The second kappa shape index (κ2) is 13.4. The average Bonchev–Trinajstić information content (AvgIpc) is 3.27. The lowest BCUT2D eigenvalue weighted by molar-refractivity contribution is 1.18. The summed E-state index contributed by atoms with van der Waals surface area (Å²) in [6, 6.07) is 66.8. The van der Waals surface area contributed by atoms with Crippen LogP contribution < -0.4 is 0 Å². The van der Waals surface area contributed by atoms with Crippen molar-refractivity contribution in [3.05, 3.63) is 200 Å². The molecule has 0 spiro atoms. The van der Waals surface area contributed by atoms with Crippen LogP contribution in [0.1, 0.15) is 0 Å². The zero-order valence-electron chi connectivity index (χ0n) is 29.4. The Hall–Kier alpha value is -7.23. The molecule has 0 saturated heterocycles. The largest absolute Gasteiger partial charge is 0.265 e. The molecule has 3 heteroatoms. The molecule has 252 valence electrons. The van der Waals surface area contributed by atoms with Gasteiger partial charge in [0.05, 0.1) is 11.4 Å². The molecule has 0 N–H and O–H groups in total. The Labute approximate surface area is 313 Å². The van der Waals surface area contributed by atoms with E-state index in [2.05, 4.69) is 163 Å². The van der Waals surface area contributed by atoms with Gasteiger partial charge in [0.15, 0.2) is 5.82 Å². The molecule has 0 unspecified atom stereocenters. The van der Waals surface area contributed by atoms with Crippen LogP contribution in [0.25, 0.3) is 99.6 Å². The Balaban J connectivity index is 0.978. The lowest BCUT2D eigenvalue weighted by Gasteiger charge is -2.12. The van der Waals surface area contributed by atoms with Gasteiger partial charge in [-0.25, -0.2) is 9.97 Å². The van der Waals surface area contributed by atoms with Gasteiger partial charge in [-0.1, -0.05) is 158 Å². The second-order valence-electron chi connectivity index (χ2n) is 13.7. The first kappa shape index (κ1) is 31.5. The van der Waals surface area contributed by atoms with Gasteiger partial charge in [0, 0.05) is 29.1 Å². The molecular formula is C51H33N3. The maximum Gasteiger partial charge on any atom is 0.160 e. The van der Waals surface area contributed by atoms with Crippen LogP contribution in [-0.4, -0.2) is 15.0 Å². The van der Waals surface area contributed by atoms with Gasteiger partial charge in [0.1, 0.15) is 0 Å². The van der Waals surface area contributed by atoms with Crippen LogP contribution in [0.15, 0.2) is 200 Å². The van der Waals surface area contributed by atoms with Crippen LogP contribution in [0, 0.1) is 0 Å². The summed E-state index contributed by atoms with van der Waals surface area (Å²) in [6.07, 6.45) is 3.65. The van der Waals surface area contributed by atoms with Gasteiger partial charge in [-0.3, -0.25) is 4.98 Å². The Bertz CT molecular complexity index is 2920. The number of fused-ring (bicyclic) bond motifs is 6. The van der Waals surface area contributed by atoms with Crippen molar-refractivity contribution in [1.82, 2.24) is 15.0 Å². The summed E-state index contributed by atoms with van der Waals surface area (Å²) in [5.74, 6) is 0.701. The number of pyridine rings is 1. The Morgan fingerprint density at radius 1 is 0.241 bits per heavy atom. The van der Waals surface area contributed by atoms with E-state index in [1.54, 1.807) is 0 Å². The zero-order valence-corrected chi connectivity index (χ0v) is 29.4. The van der Waals surface area contributed by atoms with Crippen LogP contribution >= 0.6 is 0 Å². The molecule has 2 aromatic heterocycles. The van der Waals surface area contributed by atoms with Gasteiger partial charge >= 0.3 is 0 Å². The van der Waals surface area contributed by atoms with E-state index in [-0.39, 0.29) is 0 Å². The average molecular weight is 688 g/mol. The van der Waals surface area contributed by atoms with Gasteiger partial charge in [-0.15, -0.1) is 0 Å². The van der Waals surface area contributed by atoms with E-state index in [0.717, 1.165) is 44.8 Å². The zero-order chi connectivity index (χ0) is 35.8. The maximum absolute atomic E-state index is 5.07. The van der Waals surface area contributed by atoms with Crippen molar-refractivity contribution in [1.29, 1.82) is 0 Å². The highest BCUT2D eigenvalue weighted by atomic mass is 14.9. The van der Waals surface area contributed by atoms with Crippen molar-refractivity contribution < 1.29 is 0 Å². The van der Waals surface area contributed by atoms with Gasteiger partial charge in [0.25, 0.3) is 0 Å². The molecule has 54 heavy (non-hydrogen) atoms. The molecule has 0 fully saturated rings. The van der Waals surface area contributed by atoms with Crippen LogP contribution in [0.2, 0.25) is 0 Å². The number of nitrogens with zero attached hydrogens (tertiary/aromatic N) is 3. The van der Waals surface area contributed by atoms with Crippen LogP contribution in [-0.2, 0) is 0 Å². The van der Waals surface area contributed by atoms with Crippen LogP contribution in [0.3, 0.4) is 0 Å². The molecule has 3 nitrogen and oxygen atoms in total. The lowest BCUT2D eigenvalue weighted by Crippen LogP contribution is -1.96. The fraction of sp³-hybridized carbons (Fsp3) is 0. The SMILES string of the molecule is c1ccc(-c2nc(-c3ccc(-c4ccc(-c5ccc6c7ccccc7c7ccccc7c6c5)cc4)cc3)cc(-c3cccc(-c4ccncc4)c3)n2)cc1. The predicted molar refractivity (Wildman–Crippen MR) is 225 cm³/mol. The highest BCUT2D eigenvalue weighted by Gasteiger charge is 2.13. The van der Waals surface area contributed by atoms with Crippen molar-refractivity contribution in [3.63, 3.8) is 0 Å². The molecule has 0 bridgehead atoms. The molecular weight excluding hydrogens is 655 g/mol. The maximum atomic E-state index is 5.07. The summed E-state index contributed by atoms with van der Waals surface area (Å²) in [5.41, 5.74) is 11.8. The Morgan fingerprint density at radius 3 is 1.30 bits per heavy atom. The first-order chi connectivity index (χ1) is 26.7. The molecule has 0 aliphatic rings. The molecule has 0 radical (unpaired) electrons. The minimum atomic E-state index is 0.701. The molecule has 0 amide bonds. The quantitative estimate of drug-likeness (QED) is 0.163. The smallest absolute Gasteiger partial charge is 0.160 e. The fourth-order valence-corrected chi connectivity index (χ4v) is 7.64. The first-order valence-electron chi connectivity index (χ1n) is 18.2. The molecule has 0 aliphatic carbocycles. The molecule has 0 atom stereocenters. The Kier molecular flexibility index (Phi) is 7.81. The number of hydrogen-bond acceptors (Lipinski definition) is 3. The Morgan fingerprint density at radius 2 is 0.667 bits per heavy atom. The molecule has 2 heterocycles. The van der Waals surface area contributed by atoms with Crippen LogP contribution in [0.5, 0.6) is 0 Å². The van der Waals surface area contributed by atoms with Crippen LogP contribution in [0.4, 0.5) is 0 Å².